The summed E-state index contributed by atoms with van der Waals surface area (Å²) in [6.45, 7) is 3.05. The number of benzene rings is 2. The van der Waals surface area contributed by atoms with Gasteiger partial charge in [0.05, 0.1) is 23.9 Å². The van der Waals surface area contributed by atoms with E-state index >= 15 is 0 Å². The molecule has 0 fully saturated rings. The van der Waals surface area contributed by atoms with Crippen LogP contribution in [0.15, 0.2) is 54.7 Å². The van der Waals surface area contributed by atoms with Gasteiger partial charge in [0.15, 0.2) is 11.5 Å². The molecule has 3 aliphatic rings. The molecule has 1 unspecified atom stereocenters. The molecule has 0 radical (unpaired) electrons. The number of ether oxygens (including phenoxy) is 3. The molecular formula is C23H19FN2O3. The fourth-order valence-corrected chi connectivity index (χ4v) is 4.68. The summed E-state index contributed by atoms with van der Waals surface area (Å²) in [4.78, 5) is 6.54. The van der Waals surface area contributed by atoms with Crippen LogP contribution in [0, 0.1) is 5.82 Å². The van der Waals surface area contributed by atoms with Crippen molar-refractivity contribution < 1.29 is 18.6 Å². The van der Waals surface area contributed by atoms with Crippen molar-refractivity contribution in [3.63, 3.8) is 0 Å². The minimum atomic E-state index is -0.322. The highest BCUT2D eigenvalue weighted by molar-refractivity contribution is 5.70. The molecule has 6 rings (SSSR count). The third-order valence-electron chi connectivity index (χ3n) is 6.00. The van der Waals surface area contributed by atoms with Crippen molar-refractivity contribution in [1.29, 1.82) is 0 Å². The van der Waals surface area contributed by atoms with Crippen LogP contribution in [0.3, 0.4) is 0 Å². The van der Waals surface area contributed by atoms with E-state index in [4.69, 9.17) is 14.2 Å². The van der Waals surface area contributed by atoms with E-state index in [0.29, 0.717) is 26.4 Å². The van der Waals surface area contributed by atoms with Crippen molar-refractivity contribution in [1.82, 2.24) is 4.98 Å². The van der Waals surface area contributed by atoms with E-state index in [0.717, 1.165) is 40.7 Å². The first-order chi connectivity index (χ1) is 14.2. The van der Waals surface area contributed by atoms with Gasteiger partial charge >= 0.3 is 0 Å². The van der Waals surface area contributed by atoms with E-state index in [-0.39, 0.29) is 11.2 Å². The van der Waals surface area contributed by atoms with Gasteiger partial charge in [-0.1, -0.05) is 18.2 Å². The van der Waals surface area contributed by atoms with Crippen LogP contribution in [0.2, 0.25) is 0 Å². The summed E-state index contributed by atoms with van der Waals surface area (Å²) in [5.74, 6) is 2.05. The Bertz CT molecular complexity index is 1100. The normalized spacial score (nSPS) is 21.1. The molecule has 0 saturated carbocycles. The first-order valence-corrected chi connectivity index (χ1v) is 9.75. The van der Waals surface area contributed by atoms with Gasteiger partial charge in [-0.15, -0.1) is 0 Å². The van der Waals surface area contributed by atoms with Crippen molar-refractivity contribution in [3.05, 3.63) is 77.4 Å². The van der Waals surface area contributed by atoms with Crippen LogP contribution in [-0.4, -0.2) is 31.3 Å². The molecule has 3 aliphatic heterocycles. The molecule has 146 valence electrons. The standard InChI is InChI=1S/C23H19FN2O3/c24-15-5-6-16(25-11-15)12-26-13-23(17-3-1-2-4-19(17)26)14-29-20-10-22-21(9-18(20)23)27-7-8-28-22/h1-6,9-11H,7-8,12-14H2. The zero-order chi connectivity index (χ0) is 19.4. The average Bonchev–Trinajstić information content (AvgIpc) is 3.27. The second-order valence-corrected chi connectivity index (χ2v) is 7.70. The molecular weight excluding hydrogens is 371 g/mol. The molecule has 3 aromatic rings. The van der Waals surface area contributed by atoms with E-state index in [1.165, 1.54) is 17.8 Å². The Kier molecular flexibility index (Phi) is 3.51. The van der Waals surface area contributed by atoms with Crippen LogP contribution in [0.25, 0.3) is 0 Å². The van der Waals surface area contributed by atoms with E-state index in [1.807, 2.05) is 12.1 Å². The molecule has 0 aliphatic carbocycles. The summed E-state index contributed by atoms with van der Waals surface area (Å²) in [5.41, 5.74) is 4.08. The predicted molar refractivity (Wildman–Crippen MR) is 105 cm³/mol. The van der Waals surface area contributed by atoms with Gasteiger partial charge in [0.1, 0.15) is 31.4 Å². The maximum atomic E-state index is 13.3. The number of anilines is 1. The van der Waals surface area contributed by atoms with Crippen LogP contribution < -0.4 is 19.1 Å². The van der Waals surface area contributed by atoms with Crippen LogP contribution in [-0.2, 0) is 12.0 Å². The lowest BCUT2D eigenvalue weighted by molar-refractivity contribution is 0.171. The first kappa shape index (κ1) is 16.7. The van der Waals surface area contributed by atoms with E-state index in [2.05, 4.69) is 34.1 Å². The van der Waals surface area contributed by atoms with Gasteiger partial charge in [0, 0.05) is 23.9 Å². The maximum absolute atomic E-state index is 13.3. The quantitative estimate of drug-likeness (QED) is 0.668. The van der Waals surface area contributed by atoms with Gasteiger partial charge in [-0.25, -0.2) is 4.39 Å². The SMILES string of the molecule is Fc1ccc(CN2CC3(COc4cc5c(cc43)OCCO5)c3ccccc32)nc1. The first-order valence-electron chi connectivity index (χ1n) is 9.75. The minimum absolute atomic E-state index is 0.276. The summed E-state index contributed by atoms with van der Waals surface area (Å²) >= 11 is 0. The van der Waals surface area contributed by atoms with E-state index in [1.54, 1.807) is 6.07 Å². The number of hydrogen-bond acceptors (Lipinski definition) is 5. The highest BCUT2D eigenvalue weighted by atomic mass is 19.1. The zero-order valence-electron chi connectivity index (χ0n) is 15.7. The largest absolute Gasteiger partial charge is 0.492 e. The van der Waals surface area contributed by atoms with Gasteiger partial charge in [-0.3, -0.25) is 4.98 Å². The number of halogens is 1. The minimum Gasteiger partial charge on any atom is -0.492 e. The lowest BCUT2D eigenvalue weighted by atomic mass is 9.77. The highest BCUT2D eigenvalue weighted by Crippen LogP contribution is 2.54. The fourth-order valence-electron chi connectivity index (χ4n) is 4.68. The Morgan fingerprint density at radius 2 is 1.76 bits per heavy atom. The molecule has 0 N–H and O–H groups in total. The van der Waals surface area contributed by atoms with Crippen LogP contribution in [0.5, 0.6) is 17.2 Å². The number of pyridine rings is 1. The van der Waals surface area contributed by atoms with Gasteiger partial charge in [0.25, 0.3) is 0 Å². The van der Waals surface area contributed by atoms with Crippen molar-refractivity contribution >= 4 is 5.69 Å². The summed E-state index contributed by atoms with van der Waals surface area (Å²) in [6, 6.07) is 15.6. The van der Waals surface area contributed by atoms with Crippen LogP contribution >= 0.6 is 0 Å². The molecule has 29 heavy (non-hydrogen) atoms. The third kappa shape index (κ3) is 2.48. The monoisotopic (exact) mass is 390 g/mol. The number of hydrogen-bond donors (Lipinski definition) is 0. The number of fused-ring (bicyclic) bond motifs is 5. The number of para-hydroxylation sites is 1. The summed E-state index contributed by atoms with van der Waals surface area (Å²) < 4.78 is 31.0. The molecule has 1 spiro atoms. The van der Waals surface area contributed by atoms with Gasteiger partial charge < -0.3 is 19.1 Å². The van der Waals surface area contributed by atoms with Crippen LogP contribution in [0.4, 0.5) is 10.1 Å². The fraction of sp³-hybridized carbons (Fsp3) is 0.261. The highest BCUT2D eigenvalue weighted by Gasteiger charge is 2.50. The molecule has 0 saturated heterocycles. The molecule has 4 heterocycles. The van der Waals surface area contributed by atoms with Gasteiger partial charge in [-0.05, 0) is 29.8 Å². The van der Waals surface area contributed by atoms with Crippen molar-refractivity contribution in [3.8, 4) is 17.2 Å². The second-order valence-electron chi connectivity index (χ2n) is 7.70. The third-order valence-corrected chi connectivity index (χ3v) is 6.00. The lowest BCUT2D eigenvalue weighted by Gasteiger charge is -2.26. The molecule has 1 atom stereocenters. The van der Waals surface area contributed by atoms with Crippen molar-refractivity contribution in [2.45, 2.75) is 12.0 Å². The molecule has 0 amide bonds. The van der Waals surface area contributed by atoms with Gasteiger partial charge in [-0.2, -0.15) is 0 Å². The molecule has 5 nitrogen and oxygen atoms in total. The van der Waals surface area contributed by atoms with E-state index < -0.39 is 0 Å². The Labute approximate surface area is 167 Å². The number of rotatable bonds is 2. The Hall–Kier alpha value is -3.28. The molecule has 6 heteroatoms. The summed E-state index contributed by atoms with van der Waals surface area (Å²) in [7, 11) is 0. The van der Waals surface area contributed by atoms with Gasteiger partial charge in [0.2, 0.25) is 0 Å². The Morgan fingerprint density at radius 1 is 0.931 bits per heavy atom. The lowest BCUT2D eigenvalue weighted by Crippen LogP contribution is -2.36. The smallest absolute Gasteiger partial charge is 0.165 e. The molecule has 1 aromatic heterocycles. The average molecular weight is 390 g/mol. The molecule has 2 aromatic carbocycles. The molecule has 0 bridgehead atoms. The van der Waals surface area contributed by atoms with Crippen molar-refractivity contribution in [2.24, 2.45) is 0 Å². The Balaban J connectivity index is 1.43. The number of nitrogens with zero attached hydrogens (tertiary/aromatic N) is 2. The maximum Gasteiger partial charge on any atom is 0.165 e. The second kappa shape index (κ2) is 6.11. The zero-order valence-corrected chi connectivity index (χ0v) is 15.7. The number of aromatic nitrogens is 1. The van der Waals surface area contributed by atoms with E-state index in [9.17, 15) is 4.39 Å². The predicted octanol–water partition coefficient (Wildman–Crippen LogP) is 3.69. The topological polar surface area (TPSA) is 43.8 Å². The Morgan fingerprint density at radius 3 is 2.59 bits per heavy atom. The van der Waals surface area contributed by atoms with Crippen molar-refractivity contribution in [2.75, 3.05) is 31.3 Å². The van der Waals surface area contributed by atoms with Crippen LogP contribution in [0.1, 0.15) is 16.8 Å². The summed E-state index contributed by atoms with van der Waals surface area (Å²) in [5, 5.41) is 0. The summed E-state index contributed by atoms with van der Waals surface area (Å²) in [6.07, 6.45) is 1.27.